The van der Waals surface area contributed by atoms with Crippen LogP contribution in [0, 0.1) is 0 Å². The Morgan fingerprint density at radius 2 is 1.98 bits per heavy atom. The summed E-state index contributed by atoms with van der Waals surface area (Å²) in [5.74, 6) is -0.566. The Morgan fingerprint density at radius 1 is 1.29 bits per heavy atom. The molecule has 0 amide bonds. The van der Waals surface area contributed by atoms with Crippen molar-refractivity contribution >= 4 is 30.8 Å². The molecule has 3 heterocycles. The van der Waals surface area contributed by atoms with Crippen LogP contribution in [0.4, 0.5) is 10.3 Å². The number of nitrogens with zero attached hydrogens (tertiary/aromatic N) is 4. The number of nitrogens with one attached hydrogen (secondary N) is 1. The smallest absolute Gasteiger partial charge is 0.459 e. The Hall–Kier alpha value is -3.40. The molecule has 0 saturated carbocycles. The largest absolute Gasteiger partial charge is 0.479 e. The van der Waals surface area contributed by atoms with E-state index in [9.17, 15) is 14.5 Å². The van der Waals surface area contributed by atoms with Crippen LogP contribution in [0.1, 0.15) is 33.9 Å². The van der Waals surface area contributed by atoms with Crippen molar-refractivity contribution in [2.45, 2.75) is 63.9 Å². The number of ether oxygens (including phenoxy) is 3. The normalized spacial score (nSPS) is 24.4. The number of esters is 1. The van der Waals surface area contributed by atoms with Crippen molar-refractivity contribution in [1.29, 1.82) is 0 Å². The lowest BCUT2D eigenvalue weighted by Crippen LogP contribution is -2.41. The van der Waals surface area contributed by atoms with Crippen molar-refractivity contribution in [1.82, 2.24) is 24.6 Å². The number of hydrogen-bond acceptors (Lipinski definition) is 12. The number of carbonyl (C=O) groups is 1. The molecule has 15 nitrogen and oxygen atoms in total. The highest BCUT2D eigenvalue weighted by molar-refractivity contribution is 7.52. The molecular weight excluding hydrogens is 566 g/mol. The Kier molecular flexibility index (Phi) is 9.89. The van der Waals surface area contributed by atoms with Gasteiger partial charge < -0.3 is 35.1 Å². The third-order valence-corrected chi connectivity index (χ3v) is 7.65. The quantitative estimate of drug-likeness (QED) is 0.211. The second-order valence-corrected chi connectivity index (χ2v) is 11.3. The Morgan fingerprint density at radius 3 is 2.61 bits per heavy atom. The maximum absolute atomic E-state index is 15.9. The molecule has 1 aliphatic heterocycles. The van der Waals surface area contributed by atoms with Crippen molar-refractivity contribution in [2.24, 2.45) is 0 Å². The predicted molar refractivity (Wildman–Crippen MR) is 144 cm³/mol. The molecule has 0 spiro atoms. The first-order chi connectivity index (χ1) is 18.8. The van der Waals surface area contributed by atoms with Gasteiger partial charge in [-0.1, -0.05) is 18.2 Å². The van der Waals surface area contributed by atoms with E-state index in [0.29, 0.717) is 0 Å². The maximum Gasteiger partial charge on any atom is 0.459 e. The lowest BCUT2D eigenvalue weighted by molar-refractivity contribution is -0.149. The number of imidazole rings is 1. The van der Waals surface area contributed by atoms with Crippen molar-refractivity contribution in [3.8, 4) is 11.6 Å². The SMILES string of the molecule is COc1nc(N)nc2c1ncn2[C@@H]1O[C@@H](COP(=O)(NC(C)C(=O)OC(C)C)Oc2ccccc2)[C@H](O)[C@@]1(C)F.O. The number of aliphatic hydroxyl groups is 1. The van der Waals surface area contributed by atoms with E-state index < -0.39 is 56.6 Å². The lowest BCUT2D eigenvalue weighted by atomic mass is 9.98. The number of nitrogen functional groups attached to an aromatic ring is 1. The van der Waals surface area contributed by atoms with Gasteiger partial charge in [0.15, 0.2) is 23.1 Å². The van der Waals surface area contributed by atoms with Crippen LogP contribution < -0.4 is 20.1 Å². The number of hydrogen-bond donors (Lipinski definition) is 3. The number of para-hydroxylation sites is 1. The minimum Gasteiger partial charge on any atom is -0.479 e. The topological polar surface area (TPSA) is 214 Å². The van der Waals surface area contributed by atoms with E-state index in [1.807, 2.05) is 0 Å². The van der Waals surface area contributed by atoms with Crippen LogP contribution >= 0.6 is 7.75 Å². The van der Waals surface area contributed by atoms with E-state index in [0.717, 1.165) is 6.92 Å². The molecule has 4 rings (SSSR count). The van der Waals surface area contributed by atoms with Gasteiger partial charge in [-0.3, -0.25) is 13.9 Å². The number of benzene rings is 1. The van der Waals surface area contributed by atoms with Crippen LogP contribution in [0.3, 0.4) is 0 Å². The first kappa shape index (κ1) is 32.1. The molecule has 17 heteroatoms. The first-order valence-corrected chi connectivity index (χ1v) is 13.9. The van der Waals surface area contributed by atoms with E-state index in [1.165, 1.54) is 37.1 Å². The number of alkyl halides is 1. The van der Waals surface area contributed by atoms with Gasteiger partial charge in [0.2, 0.25) is 11.8 Å². The molecule has 41 heavy (non-hydrogen) atoms. The fraction of sp³-hybridized carbons (Fsp3) is 0.500. The fourth-order valence-electron chi connectivity index (χ4n) is 4.08. The number of nitrogens with two attached hydrogens (primary N) is 1. The maximum atomic E-state index is 15.9. The zero-order chi connectivity index (χ0) is 29.2. The zero-order valence-corrected chi connectivity index (χ0v) is 23.9. The van der Waals surface area contributed by atoms with Crippen LogP contribution in [0.15, 0.2) is 36.7 Å². The van der Waals surface area contributed by atoms with Crippen LogP contribution in [-0.4, -0.2) is 79.8 Å². The van der Waals surface area contributed by atoms with Crippen molar-refractivity contribution in [3.05, 3.63) is 36.7 Å². The van der Waals surface area contributed by atoms with E-state index >= 15 is 4.39 Å². The van der Waals surface area contributed by atoms with Gasteiger partial charge in [-0.2, -0.15) is 15.1 Å². The minimum atomic E-state index is -4.29. The van der Waals surface area contributed by atoms with Crippen molar-refractivity contribution in [3.63, 3.8) is 0 Å². The monoisotopic (exact) mass is 600 g/mol. The highest BCUT2D eigenvalue weighted by Gasteiger charge is 2.56. The minimum absolute atomic E-state index is 0. The summed E-state index contributed by atoms with van der Waals surface area (Å²) in [5, 5.41) is 13.4. The highest BCUT2D eigenvalue weighted by atomic mass is 31.2. The zero-order valence-electron chi connectivity index (χ0n) is 23.1. The highest BCUT2D eigenvalue weighted by Crippen LogP contribution is 2.48. The standard InChI is InChI=1S/C24H32FN6O8P.H2O/c1-13(2)37-21(33)14(3)30-40(34,39-15-9-7-6-8-10-15)36-11-16-18(32)24(4,25)22(38-16)31-12-27-17-19(31)28-23(26)29-20(17)35-5;/h6-10,12-14,16,18,22,32H,11H2,1-5H3,(H,30,34)(H2,26,28,29);1H2/t14?,16-,18-,22+,24+,40?;/m0./s1. The summed E-state index contributed by atoms with van der Waals surface area (Å²) in [6.45, 7) is 5.33. The summed E-state index contributed by atoms with van der Waals surface area (Å²) < 4.78 is 58.3. The Balaban J connectivity index is 0.00000462. The van der Waals surface area contributed by atoms with Gasteiger partial charge in [0.1, 0.15) is 24.0 Å². The molecule has 0 bridgehead atoms. The third kappa shape index (κ3) is 6.92. The van der Waals surface area contributed by atoms with E-state index in [2.05, 4.69) is 20.0 Å². The summed E-state index contributed by atoms with van der Waals surface area (Å²) in [4.78, 5) is 24.6. The molecule has 6 atom stereocenters. The van der Waals surface area contributed by atoms with Gasteiger partial charge in [-0.05, 0) is 39.8 Å². The number of anilines is 1. The van der Waals surface area contributed by atoms with Crippen molar-refractivity contribution < 1.29 is 47.6 Å². The molecule has 1 aromatic carbocycles. The van der Waals surface area contributed by atoms with Crippen LogP contribution in [-0.2, 0) is 23.4 Å². The average Bonchev–Trinajstić information content (AvgIpc) is 3.40. The summed E-state index contributed by atoms with van der Waals surface area (Å²) >= 11 is 0. The van der Waals surface area contributed by atoms with Gasteiger partial charge in [-0.25, -0.2) is 13.9 Å². The predicted octanol–water partition coefficient (Wildman–Crippen LogP) is 1.71. The van der Waals surface area contributed by atoms with Gasteiger partial charge in [0, 0.05) is 0 Å². The fourth-order valence-corrected chi connectivity index (χ4v) is 5.58. The second kappa shape index (κ2) is 12.6. The summed E-state index contributed by atoms with van der Waals surface area (Å²) in [6, 6.07) is 7.02. The molecule has 1 saturated heterocycles. The Bertz CT molecular complexity index is 1390. The number of rotatable bonds is 11. The molecule has 0 radical (unpaired) electrons. The van der Waals surface area contributed by atoms with Crippen LogP contribution in [0.2, 0.25) is 0 Å². The van der Waals surface area contributed by atoms with E-state index in [4.69, 9.17) is 29.0 Å². The Labute approximate surface area is 235 Å². The van der Waals surface area contributed by atoms with E-state index in [1.54, 1.807) is 32.0 Å². The summed E-state index contributed by atoms with van der Waals surface area (Å²) in [7, 11) is -2.92. The molecule has 6 N–H and O–H groups in total. The molecule has 2 aromatic heterocycles. The molecule has 226 valence electrons. The summed E-state index contributed by atoms with van der Waals surface area (Å²) in [5.41, 5.74) is 3.71. The molecule has 0 aliphatic carbocycles. The van der Waals surface area contributed by atoms with Crippen molar-refractivity contribution in [2.75, 3.05) is 19.5 Å². The lowest BCUT2D eigenvalue weighted by Gasteiger charge is -2.25. The molecular formula is C24H34FN6O9P. The number of aromatic nitrogens is 4. The molecule has 1 fully saturated rings. The number of fused-ring (bicyclic) bond motifs is 1. The number of halogens is 1. The molecule has 1 aliphatic rings. The second-order valence-electron chi connectivity index (χ2n) is 9.57. The van der Waals surface area contributed by atoms with Gasteiger partial charge in [0.25, 0.3) is 0 Å². The van der Waals surface area contributed by atoms with Gasteiger partial charge >= 0.3 is 13.7 Å². The number of aliphatic hydroxyl groups excluding tert-OH is 1. The van der Waals surface area contributed by atoms with Gasteiger partial charge in [0.05, 0.1) is 26.1 Å². The molecule has 3 aromatic rings. The summed E-state index contributed by atoms with van der Waals surface area (Å²) in [6.07, 6.45) is -3.63. The number of methoxy groups -OCH3 is 1. The van der Waals surface area contributed by atoms with Crippen LogP contribution in [0.25, 0.3) is 11.2 Å². The third-order valence-electron chi connectivity index (χ3n) is 6.00. The first-order valence-electron chi connectivity index (χ1n) is 12.4. The number of carbonyl (C=O) groups excluding carboxylic acids is 1. The van der Waals surface area contributed by atoms with E-state index in [-0.39, 0.29) is 34.2 Å². The molecule has 2 unspecified atom stereocenters. The van der Waals surface area contributed by atoms with Crippen LogP contribution in [0.5, 0.6) is 11.6 Å². The van der Waals surface area contributed by atoms with Gasteiger partial charge in [-0.15, -0.1) is 0 Å². The average molecular weight is 601 g/mol.